The van der Waals surface area contributed by atoms with Crippen LogP contribution in [0.2, 0.25) is 0 Å². The van der Waals surface area contributed by atoms with E-state index in [4.69, 9.17) is 18.5 Å². The molecule has 9 nitrogen and oxygen atoms in total. The Morgan fingerprint density at radius 2 is 0.713 bits per heavy atom. The number of hydrogen-bond acceptors (Lipinski definition) is 7. The number of hydrogen-bond donors (Lipinski definition) is 1. The molecule has 0 saturated carbocycles. The van der Waals surface area contributed by atoms with E-state index in [1.807, 2.05) is 21.1 Å². The fraction of sp³-hybridized carbons (Fsp3) is 0.829. The summed E-state index contributed by atoms with van der Waals surface area (Å²) in [5.74, 6) is -0.856. The Morgan fingerprint density at radius 3 is 1.05 bits per heavy atom. The van der Waals surface area contributed by atoms with Crippen molar-refractivity contribution in [3.63, 3.8) is 0 Å². The zero-order chi connectivity index (χ0) is 58.4. The minimum Gasteiger partial charge on any atom is -0.462 e. The maximum absolute atomic E-state index is 12.8. The molecule has 0 aromatic rings. The average Bonchev–Trinajstić information content (AvgIpc) is 3.42. The summed E-state index contributed by atoms with van der Waals surface area (Å²) in [4.78, 5) is 35.7. The molecule has 0 bridgehead atoms. The molecule has 0 aliphatic rings. The Balaban J connectivity index is 3.90. The Hall–Kier alpha value is -2.29. The summed E-state index contributed by atoms with van der Waals surface area (Å²) in [5.41, 5.74) is 0. The van der Waals surface area contributed by atoms with E-state index < -0.39 is 26.5 Å². The monoisotopic (exact) mass is 1140 g/mol. The van der Waals surface area contributed by atoms with Crippen LogP contribution in [0.5, 0.6) is 0 Å². The lowest BCUT2D eigenvalue weighted by Crippen LogP contribution is -2.37. The first-order valence-corrected chi connectivity index (χ1v) is 35.5. The highest BCUT2D eigenvalue weighted by atomic mass is 31.2. The average molecular weight is 1150 g/mol. The fourth-order valence-electron chi connectivity index (χ4n) is 9.88. The summed E-state index contributed by atoms with van der Waals surface area (Å²) in [6, 6.07) is 0. The quantitative estimate of drug-likeness (QED) is 0.0211. The molecule has 0 spiro atoms. The molecular formula is C70H131NO8P+. The van der Waals surface area contributed by atoms with E-state index in [0.29, 0.717) is 23.9 Å². The lowest BCUT2D eigenvalue weighted by molar-refractivity contribution is -0.870. The summed E-state index contributed by atoms with van der Waals surface area (Å²) in [6.07, 6.45) is 80.9. The summed E-state index contributed by atoms with van der Waals surface area (Å²) in [7, 11) is 1.45. The van der Waals surface area contributed by atoms with Gasteiger partial charge in [0, 0.05) is 12.8 Å². The lowest BCUT2D eigenvalue weighted by atomic mass is 10.0. The number of rotatable bonds is 63. The Bertz CT molecular complexity index is 1530. The van der Waals surface area contributed by atoms with Crippen LogP contribution >= 0.6 is 7.82 Å². The number of allylic oxidation sites excluding steroid dienone is 10. The van der Waals surface area contributed by atoms with Crippen LogP contribution in [0, 0.1) is 0 Å². The molecule has 0 saturated heterocycles. The third kappa shape index (κ3) is 64.9. The Morgan fingerprint density at radius 1 is 0.400 bits per heavy atom. The van der Waals surface area contributed by atoms with Gasteiger partial charge in [-0.15, -0.1) is 0 Å². The first-order valence-electron chi connectivity index (χ1n) is 34.0. The van der Waals surface area contributed by atoms with Gasteiger partial charge in [-0.1, -0.05) is 319 Å². The normalized spacial score (nSPS) is 13.5. The molecule has 0 heterocycles. The number of carbonyl (C=O) groups is 2. The number of carbonyl (C=O) groups excluding carboxylic acids is 2. The highest BCUT2D eigenvalue weighted by Gasteiger charge is 2.27. The Labute approximate surface area is 496 Å². The summed E-state index contributed by atoms with van der Waals surface area (Å²) in [6.45, 7) is 4.29. The van der Waals surface area contributed by atoms with Crippen molar-refractivity contribution in [2.75, 3.05) is 47.5 Å². The molecule has 0 amide bonds. The lowest BCUT2D eigenvalue weighted by Gasteiger charge is -2.24. The molecule has 2 atom stereocenters. The van der Waals surface area contributed by atoms with Crippen molar-refractivity contribution in [3.8, 4) is 0 Å². The highest BCUT2D eigenvalue weighted by molar-refractivity contribution is 7.47. The molecule has 2 unspecified atom stereocenters. The molecule has 0 aromatic heterocycles. The summed E-state index contributed by atoms with van der Waals surface area (Å²) in [5, 5.41) is 0. The third-order valence-corrected chi connectivity index (χ3v) is 16.0. The second kappa shape index (κ2) is 61.3. The number of quaternary nitrogens is 1. The van der Waals surface area contributed by atoms with E-state index in [-0.39, 0.29) is 32.0 Å². The predicted octanol–water partition coefficient (Wildman–Crippen LogP) is 21.8. The van der Waals surface area contributed by atoms with Gasteiger partial charge in [0.25, 0.3) is 0 Å². The van der Waals surface area contributed by atoms with E-state index in [9.17, 15) is 19.0 Å². The standard InChI is InChI=1S/C70H130NO8P/c1-6-8-10-12-14-16-18-20-22-24-25-26-27-28-29-30-31-32-33-34-35-36-37-38-39-40-41-42-43-44-45-47-48-50-52-54-56-58-60-62-69(72)76-66-68(67-78-80(74,75)77-65-64-71(3,4)5)79-70(73)63-61-59-57-55-53-51-49-46-23-21-19-17-15-13-11-9-7-2/h9,11,15,17,21,23,49,51,55,57,68H,6-8,10,12-14,16,18-20,22,24-48,50,52-54,56,58-67H2,1-5H3/p+1/b11-9-,17-15-,23-21-,51-49-,57-55-. The van der Waals surface area contributed by atoms with Crippen molar-refractivity contribution >= 4 is 19.8 Å². The third-order valence-electron chi connectivity index (χ3n) is 15.1. The first kappa shape index (κ1) is 77.7. The molecule has 80 heavy (non-hydrogen) atoms. The highest BCUT2D eigenvalue weighted by Crippen LogP contribution is 2.43. The van der Waals surface area contributed by atoms with Gasteiger partial charge in [-0.25, -0.2) is 4.57 Å². The SMILES string of the molecule is CC/C=C\C/C=C\C/C=C\C/C=C\C/C=C\CCCC(=O)OC(COC(=O)CCCCCCCCCCCCCCCCCCCCCCCCCCCCCCCCCCCCCCCCC)COP(=O)(O)OCC[N+](C)(C)C. The van der Waals surface area contributed by atoms with Crippen molar-refractivity contribution in [3.05, 3.63) is 60.8 Å². The van der Waals surface area contributed by atoms with Crippen LogP contribution in [0.1, 0.15) is 322 Å². The van der Waals surface area contributed by atoms with Gasteiger partial charge >= 0.3 is 19.8 Å². The number of likely N-dealkylation sites (N-methyl/N-ethyl adjacent to an activating group) is 1. The molecule has 0 fully saturated rings. The van der Waals surface area contributed by atoms with Crippen LogP contribution in [0.3, 0.4) is 0 Å². The van der Waals surface area contributed by atoms with Gasteiger partial charge in [0.1, 0.15) is 19.8 Å². The topological polar surface area (TPSA) is 108 Å². The molecule has 1 N–H and O–H groups in total. The summed E-state index contributed by atoms with van der Waals surface area (Å²) < 4.78 is 34.5. The van der Waals surface area contributed by atoms with Crippen molar-refractivity contribution < 1.29 is 42.1 Å². The smallest absolute Gasteiger partial charge is 0.462 e. The number of esters is 2. The van der Waals surface area contributed by atoms with Gasteiger partial charge in [0.15, 0.2) is 6.10 Å². The van der Waals surface area contributed by atoms with E-state index in [1.54, 1.807) is 0 Å². The summed E-state index contributed by atoms with van der Waals surface area (Å²) >= 11 is 0. The van der Waals surface area contributed by atoms with Crippen LogP contribution < -0.4 is 0 Å². The van der Waals surface area contributed by atoms with E-state index in [0.717, 1.165) is 51.4 Å². The van der Waals surface area contributed by atoms with Crippen molar-refractivity contribution in [1.82, 2.24) is 0 Å². The van der Waals surface area contributed by atoms with Gasteiger partial charge in [0.2, 0.25) is 0 Å². The largest absolute Gasteiger partial charge is 0.472 e. The predicted molar refractivity (Wildman–Crippen MR) is 344 cm³/mol. The number of phosphoric acid groups is 1. The van der Waals surface area contributed by atoms with Gasteiger partial charge in [-0.3, -0.25) is 18.6 Å². The second-order valence-corrected chi connectivity index (χ2v) is 25.6. The van der Waals surface area contributed by atoms with E-state index >= 15 is 0 Å². The number of nitrogens with zero attached hydrogens (tertiary/aromatic N) is 1. The van der Waals surface area contributed by atoms with Crippen LogP contribution in [0.4, 0.5) is 0 Å². The molecule has 0 aromatic carbocycles. The molecule has 0 radical (unpaired) electrons. The zero-order valence-electron chi connectivity index (χ0n) is 53.3. The molecule has 468 valence electrons. The van der Waals surface area contributed by atoms with Crippen molar-refractivity contribution in [2.45, 2.75) is 328 Å². The van der Waals surface area contributed by atoms with Crippen LogP contribution in [-0.4, -0.2) is 74.9 Å². The van der Waals surface area contributed by atoms with Gasteiger partial charge in [0.05, 0.1) is 27.7 Å². The van der Waals surface area contributed by atoms with Gasteiger partial charge < -0.3 is 18.9 Å². The number of phosphoric ester groups is 1. The van der Waals surface area contributed by atoms with Crippen LogP contribution in [-0.2, 0) is 32.7 Å². The molecular weight excluding hydrogens is 1010 g/mol. The minimum atomic E-state index is -4.40. The van der Waals surface area contributed by atoms with Gasteiger partial charge in [-0.2, -0.15) is 0 Å². The van der Waals surface area contributed by atoms with Gasteiger partial charge in [-0.05, 0) is 51.4 Å². The maximum Gasteiger partial charge on any atom is 0.472 e. The van der Waals surface area contributed by atoms with Crippen LogP contribution in [0.15, 0.2) is 60.8 Å². The minimum absolute atomic E-state index is 0.0202. The molecule has 10 heteroatoms. The number of ether oxygens (including phenoxy) is 2. The van der Waals surface area contributed by atoms with E-state index in [1.165, 1.54) is 231 Å². The van der Waals surface area contributed by atoms with Crippen molar-refractivity contribution in [2.24, 2.45) is 0 Å². The Kier molecular flexibility index (Phi) is 59.5. The first-order chi connectivity index (χ1) is 39.0. The second-order valence-electron chi connectivity index (χ2n) is 24.2. The van der Waals surface area contributed by atoms with Crippen LogP contribution in [0.25, 0.3) is 0 Å². The molecule has 0 rings (SSSR count). The van der Waals surface area contributed by atoms with Crippen molar-refractivity contribution in [1.29, 1.82) is 0 Å². The van der Waals surface area contributed by atoms with E-state index in [2.05, 4.69) is 74.6 Å². The molecule has 0 aliphatic carbocycles. The number of unbranched alkanes of at least 4 members (excludes halogenated alkanes) is 39. The fourth-order valence-corrected chi connectivity index (χ4v) is 10.6. The maximum atomic E-state index is 12.8. The molecule has 0 aliphatic heterocycles. The zero-order valence-corrected chi connectivity index (χ0v) is 54.2.